The summed E-state index contributed by atoms with van der Waals surface area (Å²) in [6.07, 6.45) is 0. The minimum atomic E-state index is -0.378. The number of anilines is 1. The van der Waals surface area contributed by atoms with E-state index in [2.05, 4.69) is 32.0 Å². The Kier molecular flexibility index (Phi) is 6.28. The van der Waals surface area contributed by atoms with Crippen molar-refractivity contribution in [2.24, 2.45) is 0 Å². The first-order chi connectivity index (χ1) is 14.7. The third kappa shape index (κ3) is 4.79. The minimum absolute atomic E-state index is 0.378. The predicted molar refractivity (Wildman–Crippen MR) is 116 cm³/mol. The van der Waals surface area contributed by atoms with E-state index in [4.69, 9.17) is 9.47 Å². The summed E-state index contributed by atoms with van der Waals surface area (Å²) >= 11 is 0. The fourth-order valence-electron chi connectivity index (χ4n) is 3.37. The van der Waals surface area contributed by atoms with Crippen LogP contribution in [-0.2, 0) is 9.53 Å². The van der Waals surface area contributed by atoms with Crippen molar-refractivity contribution < 1.29 is 14.3 Å². The number of carbonyl (C=O) groups excluding carboxylic acids is 1. The molecule has 1 aliphatic heterocycles. The van der Waals surface area contributed by atoms with Crippen LogP contribution in [0.5, 0.6) is 5.75 Å². The maximum absolute atomic E-state index is 12.1. The Morgan fingerprint density at radius 3 is 2.90 bits per heavy atom. The van der Waals surface area contributed by atoms with Gasteiger partial charge in [0.25, 0.3) is 5.91 Å². The van der Waals surface area contributed by atoms with E-state index < -0.39 is 0 Å². The second-order valence-electron chi connectivity index (χ2n) is 6.95. The molecule has 1 saturated heterocycles. The molecule has 0 bridgehead atoms. The molecule has 7 heteroatoms. The molecule has 30 heavy (non-hydrogen) atoms. The number of H-pyrrole nitrogens is 1. The van der Waals surface area contributed by atoms with Gasteiger partial charge in [0.2, 0.25) is 0 Å². The molecule has 1 fully saturated rings. The number of aromatic amines is 1. The Morgan fingerprint density at radius 1 is 1.27 bits per heavy atom. The summed E-state index contributed by atoms with van der Waals surface area (Å²) in [6.45, 7) is 6.27. The third-order valence-electron chi connectivity index (χ3n) is 4.90. The van der Waals surface area contributed by atoms with Gasteiger partial charge in [0.1, 0.15) is 18.2 Å². The van der Waals surface area contributed by atoms with Crippen LogP contribution in [0.1, 0.15) is 6.92 Å². The Balaban J connectivity index is 1.55. The Hall–Kier alpha value is -3.34. The van der Waals surface area contributed by atoms with Gasteiger partial charge >= 0.3 is 0 Å². The van der Waals surface area contributed by atoms with E-state index in [9.17, 15) is 4.79 Å². The van der Waals surface area contributed by atoms with Gasteiger partial charge in [-0.2, -0.15) is 0 Å². The monoisotopic (exact) mass is 404 g/mol. The van der Waals surface area contributed by atoms with Crippen molar-refractivity contribution >= 4 is 22.6 Å². The predicted octanol–water partition coefficient (Wildman–Crippen LogP) is 2.90. The van der Waals surface area contributed by atoms with Gasteiger partial charge in [-0.3, -0.25) is 9.69 Å². The molecule has 0 radical (unpaired) electrons. The lowest BCUT2D eigenvalue weighted by atomic mass is 10.1. The molecule has 1 aliphatic rings. The first-order valence-corrected chi connectivity index (χ1v) is 9.99. The summed E-state index contributed by atoms with van der Waals surface area (Å²) in [5.41, 5.74) is 3.27. The van der Waals surface area contributed by atoms with Crippen molar-refractivity contribution in [2.45, 2.75) is 6.92 Å². The molecule has 0 aliphatic carbocycles. The van der Waals surface area contributed by atoms with Gasteiger partial charge in [0, 0.05) is 25.2 Å². The molecule has 7 nitrogen and oxygen atoms in total. The number of carbonyl (C=O) groups is 1. The van der Waals surface area contributed by atoms with E-state index in [0.717, 1.165) is 55.3 Å². The molecule has 2 aromatic carbocycles. The summed E-state index contributed by atoms with van der Waals surface area (Å²) in [5.74, 6) is 6.08. The SMILES string of the molecule is CC#CC(=O)Nc1cc(-c2nc3ccccc3[nH]2)ccc1OCCN1CCOCC1. The number of amides is 1. The quantitative estimate of drug-likeness (QED) is 0.618. The summed E-state index contributed by atoms with van der Waals surface area (Å²) in [6, 6.07) is 13.5. The third-order valence-corrected chi connectivity index (χ3v) is 4.90. The second kappa shape index (κ2) is 9.44. The number of aromatic nitrogens is 2. The van der Waals surface area contributed by atoms with E-state index >= 15 is 0 Å². The van der Waals surface area contributed by atoms with Crippen LogP contribution in [0.3, 0.4) is 0 Å². The lowest BCUT2D eigenvalue weighted by Crippen LogP contribution is -2.38. The number of nitrogens with zero attached hydrogens (tertiary/aromatic N) is 2. The number of imidazole rings is 1. The summed E-state index contributed by atoms with van der Waals surface area (Å²) in [7, 11) is 0. The van der Waals surface area contributed by atoms with Gasteiger partial charge in [0.15, 0.2) is 0 Å². The van der Waals surface area contributed by atoms with E-state index in [1.54, 1.807) is 6.92 Å². The molecule has 2 N–H and O–H groups in total. The molecule has 4 rings (SSSR count). The molecule has 0 unspecified atom stereocenters. The summed E-state index contributed by atoms with van der Waals surface area (Å²) in [5, 5.41) is 2.83. The van der Waals surface area contributed by atoms with Crippen molar-refractivity contribution in [1.29, 1.82) is 0 Å². The zero-order valence-electron chi connectivity index (χ0n) is 16.9. The van der Waals surface area contributed by atoms with Gasteiger partial charge in [0.05, 0.1) is 29.9 Å². The van der Waals surface area contributed by atoms with Gasteiger partial charge in [-0.05, 0) is 43.2 Å². The van der Waals surface area contributed by atoms with Crippen molar-refractivity contribution in [3.63, 3.8) is 0 Å². The van der Waals surface area contributed by atoms with Gasteiger partial charge in [-0.1, -0.05) is 18.1 Å². The van der Waals surface area contributed by atoms with Crippen LogP contribution in [0, 0.1) is 11.8 Å². The van der Waals surface area contributed by atoms with Crippen LogP contribution >= 0.6 is 0 Å². The van der Waals surface area contributed by atoms with E-state index in [0.29, 0.717) is 18.0 Å². The van der Waals surface area contributed by atoms with Crippen molar-refractivity contribution in [3.05, 3.63) is 42.5 Å². The maximum atomic E-state index is 12.1. The number of hydrogen-bond acceptors (Lipinski definition) is 5. The fourth-order valence-corrected chi connectivity index (χ4v) is 3.37. The first-order valence-electron chi connectivity index (χ1n) is 9.99. The zero-order chi connectivity index (χ0) is 20.8. The Bertz CT molecular complexity index is 1060. The first kappa shape index (κ1) is 20.0. The van der Waals surface area contributed by atoms with Gasteiger partial charge < -0.3 is 19.8 Å². The molecule has 0 spiro atoms. The number of fused-ring (bicyclic) bond motifs is 1. The van der Waals surface area contributed by atoms with Crippen LogP contribution in [0.4, 0.5) is 5.69 Å². The maximum Gasteiger partial charge on any atom is 0.300 e. The number of ether oxygens (including phenoxy) is 2. The topological polar surface area (TPSA) is 79.5 Å². The van der Waals surface area contributed by atoms with Crippen molar-refractivity contribution in [1.82, 2.24) is 14.9 Å². The molecule has 0 saturated carbocycles. The molecular weight excluding hydrogens is 380 g/mol. The number of rotatable bonds is 6. The number of hydrogen-bond donors (Lipinski definition) is 2. The lowest BCUT2D eigenvalue weighted by molar-refractivity contribution is -0.111. The number of nitrogens with one attached hydrogen (secondary N) is 2. The largest absolute Gasteiger partial charge is 0.490 e. The molecule has 0 atom stereocenters. The fraction of sp³-hybridized carbons (Fsp3) is 0.304. The highest BCUT2D eigenvalue weighted by Gasteiger charge is 2.14. The summed E-state index contributed by atoms with van der Waals surface area (Å²) in [4.78, 5) is 22.3. The smallest absolute Gasteiger partial charge is 0.300 e. The normalized spacial score (nSPS) is 14.2. The molecule has 1 aromatic heterocycles. The van der Waals surface area contributed by atoms with Gasteiger partial charge in [-0.25, -0.2) is 4.98 Å². The number of benzene rings is 2. The van der Waals surface area contributed by atoms with Crippen LogP contribution in [0.15, 0.2) is 42.5 Å². The highest BCUT2D eigenvalue weighted by Crippen LogP contribution is 2.30. The van der Waals surface area contributed by atoms with E-state index in [1.165, 1.54) is 0 Å². The van der Waals surface area contributed by atoms with Crippen LogP contribution in [0.25, 0.3) is 22.4 Å². The number of morpholine rings is 1. The molecule has 3 aromatic rings. The second-order valence-corrected chi connectivity index (χ2v) is 6.95. The highest BCUT2D eigenvalue weighted by molar-refractivity contribution is 6.05. The summed E-state index contributed by atoms with van der Waals surface area (Å²) < 4.78 is 11.4. The van der Waals surface area contributed by atoms with Crippen molar-refractivity contribution in [3.8, 4) is 29.0 Å². The average Bonchev–Trinajstić information content (AvgIpc) is 3.20. The van der Waals surface area contributed by atoms with Gasteiger partial charge in [-0.15, -0.1) is 0 Å². The zero-order valence-corrected chi connectivity index (χ0v) is 16.9. The number of para-hydroxylation sites is 2. The van der Waals surface area contributed by atoms with Crippen LogP contribution < -0.4 is 10.1 Å². The van der Waals surface area contributed by atoms with Crippen LogP contribution in [-0.4, -0.2) is 60.2 Å². The molecule has 1 amide bonds. The Morgan fingerprint density at radius 2 is 2.10 bits per heavy atom. The molecular formula is C23H24N4O3. The lowest BCUT2D eigenvalue weighted by Gasteiger charge is -2.26. The Labute approximate surface area is 175 Å². The standard InChI is InChI=1S/C23H24N4O3/c1-2-5-22(28)24-20-16-17(23-25-18-6-3-4-7-19(18)26-23)8-9-21(20)30-15-12-27-10-13-29-14-11-27/h3-4,6-9,16H,10-15H2,1H3,(H,24,28)(H,25,26). The van der Waals surface area contributed by atoms with E-state index in [1.807, 2.05) is 42.5 Å². The molecule has 154 valence electrons. The van der Waals surface area contributed by atoms with Crippen molar-refractivity contribution in [2.75, 3.05) is 44.8 Å². The van der Waals surface area contributed by atoms with Crippen LogP contribution in [0.2, 0.25) is 0 Å². The minimum Gasteiger partial charge on any atom is -0.490 e. The van der Waals surface area contributed by atoms with E-state index in [-0.39, 0.29) is 5.91 Å². The average molecular weight is 404 g/mol. The molecule has 2 heterocycles. The highest BCUT2D eigenvalue weighted by atomic mass is 16.5.